The number of carbonyl (C=O) groups excluding carboxylic acids is 1. The highest BCUT2D eigenvalue weighted by molar-refractivity contribution is 7.91. The molecule has 1 aromatic carbocycles. The van der Waals surface area contributed by atoms with E-state index in [0.29, 0.717) is 31.0 Å². The normalized spacial score (nSPS) is 21.5. The Kier molecular flexibility index (Phi) is 6.44. The van der Waals surface area contributed by atoms with E-state index in [4.69, 9.17) is 9.15 Å². The van der Waals surface area contributed by atoms with Crippen molar-refractivity contribution < 1.29 is 30.8 Å². The third-order valence-corrected chi connectivity index (χ3v) is 9.51. The second-order valence-electron chi connectivity index (χ2n) is 8.06. The first-order valence-corrected chi connectivity index (χ1v) is 13.7. The number of furan rings is 1. The van der Waals surface area contributed by atoms with Gasteiger partial charge in [-0.1, -0.05) is 6.07 Å². The zero-order valence-corrected chi connectivity index (χ0v) is 19.4. The summed E-state index contributed by atoms with van der Waals surface area (Å²) in [4.78, 5) is 15.1. The van der Waals surface area contributed by atoms with E-state index in [0.717, 1.165) is 0 Å². The van der Waals surface area contributed by atoms with Gasteiger partial charge in [0.15, 0.2) is 9.84 Å². The molecular weight excluding hydrogens is 456 g/mol. The molecule has 0 unspecified atom stereocenters. The van der Waals surface area contributed by atoms with Gasteiger partial charge in [0.1, 0.15) is 5.76 Å². The van der Waals surface area contributed by atoms with Gasteiger partial charge in [-0.2, -0.15) is 4.31 Å². The van der Waals surface area contributed by atoms with Crippen molar-refractivity contribution in [3.8, 4) is 0 Å². The van der Waals surface area contributed by atoms with Crippen molar-refractivity contribution in [2.75, 3.05) is 37.8 Å². The Bertz CT molecular complexity index is 1180. The molecule has 2 aliphatic heterocycles. The number of aryl methyl sites for hydroxylation is 1. The summed E-state index contributed by atoms with van der Waals surface area (Å²) in [7, 11) is -7.01. The number of hydrogen-bond acceptors (Lipinski definition) is 7. The molecule has 2 aromatic rings. The molecule has 0 N–H and O–H groups in total. The maximum atomic E-state index is 13.6. The minimum atomic E-state index is -3.78. The number of sulfonamides is 1. The second-order valence-corrected chi connectivity index (χ2v) is 12.2. The number of hydrogen-bond donors (Lipinski definition) is 0. The van der Waals surface area contributed by atoms with Gasteiger partial charge in [-0.3, -0.25) is 4.79 Å². The van der Waals surface area contributed by atoms with E-state index in [1.807, 2.05) is 0 Å². The Hall–Kier alpha value is -2.21. The molecule has 3 heterocycles. The number of nitrogens with zero attached hydrogens (tertiary/aromatic N) is 2. The highest BCUT2D eigenvalue weighted by Gasteiger charge is 2.36. The summed E-state index contributed by atoms with van der Waals surface area (Å²) in [6.07, 6.45) is 1.82. The molecule has 2 saturated heterocycles. The molecule has 11 heteroatoms. The van der Waals surface area contributed by atoms with E-state index in [-0.39, 0.29) is 41.6 Å². The highest BCUT2D eigenvalue weighted by Crippen LogP contribution is 2.26. The van der Waals surface area contributed by atoms with Gasteiger partial charge in [-0.25, -0.2) is 16.8 Å². The molecule has 4 rings (SSSR count). The fraction of sp³-hybridized carbons (Fsp3) is 0.476. The number of amides is 1. The van der Waals surface area contributed by atoms with Gasteiger partial charge in [-0.15, -0.1) is 0 Å². The van der Waals surface area contributed by atoms with Crippen molar-refractivity contribution in [1.29, 1.82) is 0 Å². The predicted molar refractivity (Wildman–Crippen MR) is 116 cm³/mol. The molecule has 9 nitrogen and oxygen atoms in total. The SMILES string of the molecule is Cc1ccc(S(=O)(=O)N2CCOCC2)cc1C(=O)N(Cc1ccco1)[C@H]1CCS(=O)(=O)C1. The quantitative estimate of drug-likeness (QED) is 0.612. The number of carbonyl (C=O) groups is 1. The zero-order valence-electron chi connectivity index (χ0n) is 17.8. The van der Waals surface area contributed by atoms with Crippen LogP contribution in [0, 0.1) is 6.92 Å². The number of benzene rings is 1. The van der Waals surface area contributed by atoms with Crippen molar-refractivity contribution in [3.05, 3.63) is 53.5 Å². The van der Waals surface area contributed by atoms with Crippen LogP contribution in [0.4, 0.5) is 0 Å². The molecule has 2 fully saturated rings. The number of sulfone groups is 1. The Morgan fingerprint density at radius 1 is 1.22 bits per heavy atom. The van der Waals surface area contributed by atoms with Crippen molar-refractivity contribution in [3.63, 3.8) is 0 Å². The molecule has 2 aliphatic rings. The first-order valence-electron chi connectivity index (χ1n) is 10.4. The maximum absolute atomic E-state index is 13.6. The smallest absolute Gasteiger partial charge is 0.254 e. The fourth-order valence-corrected chi connectivity index (χ4v) is 7.21. The van der Waals surface area contributed by atoms with E-state index in [1.54, 1.807) is 25.1 Å². The molecule has 174 valence electrons. The number of rotatable bonds is 6. The largest absolute Gasteiger partial charge is 0.467 e. The van der Waals surface area contributed by atoms with Crippen molar-refractivity contribution in [2.45, 2.75) is 30.8 Å². The summed E-state index contributed by atoms with van der Waals surface area (Å²) in [5.41, 5.74) is 0.844. The molecule has 1 aromatic heterocycles. The highest BCUT2D eigenvalue weighted by atomic mass is 32.2. The molecule has 0 saturated carbocycles. The van der Waals surface area contributed by atoms with Gasteiger partial charge in [0.25, 0.3) is 5.91 Å². The summed E-state index contributed by atoms with van der Waals surface area (Å²) in [5.74, 6) is 0.00584. The summed E-state index contributed by atoms with van der Waals surface area (Å²) >= 11 is 0. The van der Waals surface area contributed by atoms with Crippen LogP contribution in [0.1, 0.15) is 28.1 Å². The molecule has 0 radical (unpaired) electrons. The fourth-order valence-electron chi connectivity index (χ4n) is 4.04. The van der Waals surface area contributed by atoms with E-state index >= 15 is 0 Å². The van der Waals surface area contributed by atoms with Crippen LogP contribution >= 0.6 is 0 Å². The van der Waals surface area contributed by atoms with E-state index < -0.39 is 31.8 Å². The zero-order chi connectivity index (χ0) is 22.9. The second kappa shape index (κ2) is 8.97. The molecule has 1 amide bonds. The molecular formula is C21H26N2O7S2. The number of morpholine rings is 1. The van der Waals surface area contributed by atoms with Gasteiger partial charge in [0.05, 0.1) is 42.4 Å². The third-order valence-electron chi connectivity index (χ3n) is 5.86. The summed E-state index contributed by atoms with van der Waals surface area (Å²) in [5, 5.41) is 0. The molecule has 0 spiro atoms. The van der Waals surface area contributed by atoms with Crippen molar-refractivity contribution in [2.24, 2.45) is 0 Å². The molecule has 0 aliphatic carbocycles. The average molecular weight is 483 g/mol. The monoisotopic (exact) mass is 482 g/mol. The Labute approximate surface area is 187 Å². The lowest BCUT2D eigenvalue weighted by Gasteiger charge is -2.29. The minimum Gasteiger partial charge on any atom is -0.467 e. The van der Waals surface area contributed by atoms with Crippen LogP contribution in [0.15, 0.2) is 45.9 Å². The number of ether oxygens (including phenoxy) is 1. The maximum Gasteiger partial charge on any atom is 0.254 e. The minimum absolute atomic E-state index is 0.0179. The van der Waals surface area contributed by atoms with Crippen LogP contribution in [0.2, 0.25) is 0 Å². The topological polar surface area (TPSA) is 114 Å². The van der Waals surface area contributed by atoms with Crippen LogP contribution in [-0.2, 0) is 31.1 Å². The summed E-state index contributed by atoms with van der Waals surface area (Å²) in [6.45, 7) is 2.99. The van der Waals surface area contributed by atoms with Crippen LogP contribution in [0.3, 0.4) is 0 Å². The van der Waals surface area contributed by atoms with Crippen LogP contribution in [-0.4, -0.2) is 75.8 Å². The Balaban J connectivity index is 1.68. The first-order chi connectivity index (χ1) is 15.2. The van der Waals surface area contributed by atoms with E-state index in [2.05, 4.69) is 0 Å². The Morgan fingerprint density at radius 3 is 2.59 bits per heavy atom. The van der Waals surface area contributed by atoms with Gasteiger partial charge >= 0.3 is 0 Å². The van der Waals surface area contributed by atoms with Gasteiger partial charge in [-0.05, 0) is 43.2 Å². The van der Waals surface area contributed by atoms with Crippen LogP contribution in [0.25, 0.3) is 0 Å². The van der Waals surface area contributed by atoms with Crippen molar-refractivity contribution in [1.82, 2.24) is 9.21 Å². The van der Waals surface area contributed by atoms with Crippen LogP contribution < -0.4 is 0 Å². The standard InChI is InChI=1S/C21H26N2O7S2/c1-16-4-5-19(32(27,28)22-7-10-29-11-8-22)13-20(16)21(24)23(14-18-3-2-9-30-18)17-6-12-31(25,26)15-17/h2-5,9,13,17H,6-8,10-12,14-15H2,1H3/t17-/m0/s1. The molecule has 0 bridgehead atoms. The summed E-state index contributed by atoms with van der Waals surface area (Å²) < 4.78 is 62.3. The van der Waals surface area contributed by atoms with Gasteiger partial charge < -0.3 is 14.1 Å². The average Bonchev–Trinajstić information content (AvgIpc) is 3.41. The third kappa shape index (κ3) is 4.75. The van der Waals surface area contributed by atoms with E-state index in [9.17, 15) is 21.6 Å². The summed E-state index contributed by atoms with van der Waals surface area (Å²) in [6, 6.07) is 7.41. The lowest BCUT2D eigenvalue weighted by atomic mass is 10.1. The molecule has 32 heavy (non-hydrogen) atoms. The van der Waals surface area contributed by atoms with Crippen LogP contribution in [0.5, 0.6) is 0 Å². The molecule has 1 atom stereocenters. The lowest BCUT2D eigenvalue weighted by molar-refractivity contribution is 0.0665. The first kappa shape index (κ1) is 23.0. The van der Waals surface area contributed by atoms with E-state index in [1.165, 1.54) is 27.6 Å². The predicted octanol–water partition coefficient (Wildman–Crippen LogP) is 1.44. The Morgan fingerprint density at radius 2 is 1.97 bits per heavy atom. The van der Waals surface area contributed by atoms with Gasteiger partial charge in [0.2, 0.25) is 10.0 Å². The van der Waals surface area contributed by atoms with Crippen molar-refractivity contribution >= 4 is 25.8 Å². The van der Waals surface area contributed by atoms with Gasteiger partial charge in [0, 0.05) is 24.7 Å². The lowest BCUT2D eigenvalue weighted by Crippen LogP contribution is -2.41.